The Bertz CT molecular complexity index is 1170. The molecule has 37 heavy (non-hydrogen) atoms. The molecule has 1 atom stereocenters. The number of ether oxygens (including phenoxy) is 1. The fraction of sp³-hybridized carbons (Fsp3) is 0.462. The first-order valence-electron chi connectivity index (χ1n) is 12.0. The SMILES string of the molecule is COc1ccc(N(CCCC(=O)N(Cc2ccc(Cl)cc2Cl)C(C)C(=O)NCC(C)C)S(C)(=O)=O)cc1. The van der Waals surface area contributed by atoms with Gasteiger partial charge in [-0.2, -0.15) is 0 Å². The van der Waals surface area contributed by atoms with Gasteiger partial charge in [-0.1, -0.05) is 43.1 Å². The Morgan fingerprint density at radius 2 is 1.70 bits per heavy atom. The third-order valence-corrected chi connectivity index (χ3v) is 7.50. The second-order valence-corrected chi connectivity index (χ2v) is 12.0. The average molecular weight is 573 g/mol. The Morgan fingerprint density at radius 1 is 1.05 bits per heavy atom. The van der Waals surface area contributed by atoms with E-state index in [4.69, 9.17) is 27.9 Å². The second-order valence-electron chi connectivity index (χ2n) is 9.21. The van der Waals surface area contributed by atoms with Gasteiger partial charge in [-0.3, -0.25) is 13.9 Å². The van der Waals surface area contributed by atoms with Crippen molar-refractivity contribution in [3.05, 3.63) is 58.1 Å². The lowest BCUT2D eigenvalue weighted by atomic mass is 10.1. The minimum absolute atomic E-state index is 0.0369. The fourth-order valence-corrected chi connectivity index (χ4v) is 5.05. The van der Waals surface area contributed by atoms with Gasteiger partial charge in [0.05, 0.1) is 19.1 Å². The van der Waals surface area contributed by atoms with E-state index < -0.39 is 16.1 Å². The van der Waals surface area contributed by atoms with Gasteiger partial charge in [-0.25, -0.2) is 8.42 Å². The molecule has 2 aromatic rings. The van der Waals surface area contributed by atoms with Gasteiger partial charge in [0, 0.05) is 36.1 Å². The van der Waals surface area contributed by atoms with Crippen LogP contribution in [0, 0.1) is 5.92 Å². The molecule has 2 rings (SSSR count). The number of nitrogens with one attached hydrogen (secondary N) is 1. The van der Waals surface area contributed by atoms with Crippen molar-refractivity contribution in [3.63, 3.8) is 0 Å². The quantitative estimate of drug-likeness (QED) is 0.374. The number of hydrogen-bond donors (Lipinski definition) is 1. The van der Waals surface area contributed by atoms with Crippen molar-refractivity contribution in [2.75, 3.05) is 30.8 Å². The first-order valence-corrected chi connectivity index (χ1v) is 14.6. The summed E-state index contributed by atoms with van der Waals surface area (Å²) in [5.41, 5.74) is 1.13. The monoisotopic (exact) mass is 571 g/mol. The first-order chi connectivity index (χ1) is 17.3. The molecule has 0 bridgehead atoms. The van der Waals surface area contributed by atoms with E-state index in [1.807, 2.05) is 13.8 Å². The molecule has 1 N–H and O–H groups in total. The molecule has 0 aromatic heterocycles. The molecular formula is C26H35Cl2N3O5S. The van der Waals surface area contributed by atoms with Crippen molar-refractivity contribution in [3.8, 4) is 5.75 Å². The Morgan fingerprint density at radius 3 is 2.24 bits per heavy atom. The summed E-state index contributed by atoms with van der Waals surface area (Å²) in [5, 5.41) is 3.73. The Balaban J connectivity index is 2.19. The van der Waals surface area contributed by atoms with Crippen LogP contribution >= 0.6 is 23.2 Å². The van der Waals surface area contributed by atoms with Gasteiger partial charge in [-0.15, -0.1) is 0 Å². The van der Waals surface area contributed by atoms with Crippen LogP contribution < -0.4 is 14.4 Å². The second kappa shape index (κ2) is 13.9. The normalized spacial score (nSPS) is 12.2. The van der Waals surface area contributed by atoms with Gasteiger partial charge < -0.3 is 15.0 Å². The zero-order valence-corrected chi connectivity index (χ0v) is 24.2. The zero-order valence-electron chi connectivity index (χ0n) is 21.8. The van der Waals surface area contributed by atoms with Crippen LogP contribution in [0.15, 0.2) is 42.5 Å². The van der Waals surface area contributed by atoms with Gasteiger partial charge in [0.25, 0.3) is 0 Å². The third kappa shape index (κ3) is 9.39. The number of nitrogens with zero attached hydrogens (tertiary/aromatic N) is 2. The van der Waals surface area contributed by atoms with Crippen molar-refractivity contribution < 1.29 is 22.7 Å². The molecule has 0 saturated carbocycles. The summed E-state index contributed by atoms with van der Waals surface area (Å²) in [6, 6.07) is 10.9. The van der Waals surface area contributed by atoms with E-state index in [1.165, 1.54) is 16.3 Å². The molecule has 1 unspecified atom stereocenters. The van der Waals surface area contributed by atoms with Gasteiger partial charge in [0.1, 0.15) is 11.8 Å². The van der Waals surface area contributed by atoms with Crippen molar-refractivity contribution in [2.24, 2.45) is 5.92 Å². The Kier molecular flexibility index (Phi) is 11.5. The van der Waals surface area contributed by atoms with E-state index in [9.17, 15) is 18.0 Å². The highest BCUT2D eigenvalue weighted by atomic mass is 35.5. The molecule has 2 amide bonds. The molecule has 0 heterocycles. The molecule has 11 heteroatoms. The van der Waals surface area contributed by atoms with Crippen molar-refractivity contribution in [1.82, 2.24) is 10.2 Å². The van der Waals surface area contributed by atoms with E-state index in [1.54, 1.807) is 49.4 Å². The summed E-state index contributed by atoms with van der Waals surface area (Å²) in [4.78, 5) is 27.6. The zero-order chi connectivity index (χ0) is 27.8. The highest BCUT2D eigenvalue weighted by molar-refractivity contribution is 7.92. The molecule has 0 fully saturated rings. The van der Waals surface area contributed by atoms with Gasteiger partial charge in [0.15, 0.2) is 0 Å². The van der Waals surface area contributed by atoms with E-state index in [2.05, 4.69) is 5.32 Å². The van der Waals surface area contributed by atoms with Gasteiger partial charge in [-0.05, 0) is 61.2 Å². The van der Waals surface area contributed by atoms with Crippen LogP contribution in [0.2, 0.25) is 10.0 Å². The molecule has 0 radical (unpaired) electrons. The maximum atomic E-state index is 13.4. The van der Waals surface area contributed by atoms with Crippen LogP contribution in [0.3, 0.4) is 0 Å². The lowest BCUT2D eigenvalue weighted by molar-refractivity contribution is -0.140. The third-order valence-electron chi connectivity index (χ3n) is 5.72. The minimum Gasteiger partial charge on any atom is -0.497 e. The van der Waals surface area contributed by atoms with Gasteiger partial charge in [0.2, 0.25) is 21.8 Å². The van der Waals surface area contributed by atoms with Crippen molar-refractivity contribution in [1.29, 1.82) is 0 Å². The molecule has 204 valence electrons. The van der Waals surface area contributed by atoms with Crippen LogP contribution in [0.5, 0.6) is 5.75 Å². The number of carbonyl (C=O) groups is 2. The van der Waals surface area contributed by atoms with Crippen LogP contribution in [0.4, 0.5) is 5.69 Å². The number of anilines is 1. The lowest BCUT2D eigenvalue weighted by Crippen LogP contribution is -2.48. The standard InChI is InChI=1S/C26H35Cl2N3O5S/c1-18(2)16-29-26(33)19(3)30(17-20-8-9-21(27)15-24(20)28)25(32)7-6-14-31(37(5,34)35)22-10-12-23(36-4)13-11-22/h8-13,15,18-19H,6-7,14,16-17H2,1-5H3,(H,29,33). The summed E-state index contributed by atoms with van der Waals surface area (Å²) in [5.74, 6) is 0.295. The minimum atomic E-state index is -3.59. The van der Waals surface area contributed by atoms with E-state index in [0.29, 0.717) is 33.6 Å². The molecule has 0 aliphatic heterocycles. The fourth-order valence-electron chi connectivity index (χ4n) is 3.62. The topological polar surface area (TPSA) is 96.0 Å². The Hall–Kier alpha value is -2.49. The van der Waals surface area contributed by atoms with Gasteiger partial charge >= 0.3 is 0 Å². The van der Waals surface area contributed by atoms with Crippen LogP contribution in [0.1, 0.15) is 39.2 Å². The molecule has 0 aliphatic carbocycles. The van der Waals surface area contributed by atoms with Crippen LogP contribution in [-0.4, -0.2) is 57.6 Å². The summed E-state index contributed by atoms with van der Waals surface area (Å²) in [7, 11) is -2.06. The number of hydrogen-bond acceptors (Lipinski definition) is 5. The number of sulfonamides is 1. The molecular weight excluding hydrogens is 537 g/mol. The number of benzene rings is 2. The summed E-state index contributed by atoms with van der Waals surface area (Å²) in [6.45, 7) is 6.32. The van der Waals surface area contributed by atoms with E-state index in [-0.39, 0.29) is 43.7 Å². The van der Waals surface area contributed by atoms with Crippen LogP contribution in [-0.2, 0) is 26.2 Å². The predicted octanol–water partition coefficient (Wildman–Crippen LogP) is 4.74. The summed E-state index contributed by atoms with van der Waals surface area (Å²) in [6.07, 6.45) is 1.41. The smallest absolute Gasteiger partial charge is 0.242 e. The Labute approximate surface area is 229 Å². The predicted molar refractivity (Wildman–Crippen MR) is 149 cm³/mol. The highest BCUT2D eigenvalue weighted by Gasteiger charge is 2.27. The highest BCUT2D eigenvalue weighted by Crippen LogP contribution is 2.25. The molecule has 8 nitrogen and oxygen atoms in total. The molecule has 0 spiro atoms. The van der Waals surface area contributed by atoms with Crippen LogP contribution in [0.25, 0.3) is 0 Å². The largest absolute Gasteiger partial charge is 0.497 e. The first kappa shape index (κ1) is 30.7. The molecule has 0 saturated heterocycles. The molecule has 0 aliphatic rings. The number of methoxy groups -OCH3 is 1. The number of halogens is 2. The molecule has 2 aromatic carbocycles. The summed E-state index contributed by atoms with van der Waals surface area (Å²) < 4.78 is 31.3. The number of amides is 2. The maximum absolute atomic E-state index is 13.4. The van der Waals surface area contributed by atoms with E-state index in [0.717, 1.165) is 6.26 Å². The van der Waals surface area contributed by atoms with Crippen molar-refractivity contribution in [2.45, 2.75) is 46.2 Å². The van der Waals surface area contributed by atoms with Crippen molar-refractivity contribution >= 4 is 50.7 Å². The number of carbonyl (C=O) groups excluding carboxylic acids is 2. The average Bonchev–Trinajstić information content (AvgIpc) is 2.83. The lowest BCUT2D eigenvalue weighted by Gasteiger charge is -2.30. The maximum Gasteiger partial charge on any atom is 0.242 e. The van der Waals surface area contributed by atoms with E-state index >= 15 is 0 Å². The summed E-state index contributed by atoms with van der Waals surface area (Å²) >= 11 is 12.4. The number of rotatable bonds is 13.